The summed E-state index contributed by atoms with van der Waals surface area (Å²) in [4.78, 5) is 0. The van der Waals surface area contributed by atoms with Crippen molar-refractivity contribution < 1.29 is 52.5 Å². The van der Waals surface area contributed by atoms with Gasteiger partial charge in [0.1, 0.15) is 0 Å². The fourth-order valence-electron chi connectivity index (χ4n) is 3.77. The Morgan fingerprint density at radius 2 is 0.744 bits per heavy atom. The monoisotopic (exact) mass is 610 g/mol. The van der Waals surface area contributed by atoms with Gasteiger partial charge >= 0.3 is 38.6 Å². The van der Waals surface area contributed by atoms with Gasteiger partial charge in [0, 0.05) is 0 Å². The van der Waals surface area contributed by atoms with E-state index in [0.29, 0.717) is 33.4 Å². The van der Waals surface area contributed by atoms with Crippen molar-refractivity contribution in [2.45, 2.75) is 26.2 Å². The van der Waals surface area contributed by atoms with Crippen LogP contribution in [0.15, 0.2) is 97.1 Å². The van der Waals surface area contributed by atoms with Crippen molar-refractivity contribution in [2.24, 2.45) is 0 Å². The molecule has 0 heterocycles. The van der Waals surface area contributed by atoms with Gasteiger partial charge in [-0.1, -0.05) is 83.9 Å². The first kappa shape index (κ1) is 30.4. The molecule has 39 heavy (non-hydrogen) atoms. The van der Waals surface area contributed by atoms with Crippen molar-refractivity contribution in [3.8, 4) is 0 Å². The van der Waals surface area contributed by atoms with E-state index in [4.69, 9.17) is 0 Å². The molecular formula is C32H22F6Zr+2. The molecule has 0 radical (unpaired) electrons. The van der Waals surface area contributed by atoms with E-state index in [1.807, 2.05) is 62.4 Å². The second-order valence-electron chi connectivity index (χ2n) is 8.88. The number of benzene rings is 4. The number of halogens is 6. The van der Waals surface area contributed by atoms with Gasteiger partial charge in [0.2, 0.25) is 0 Å². The number of hydrogen-bond donors (Lipinski definition) is 0. The molecule has 0 aliphatic heterocycles. The Balaban J connectivity index is 0.00000420. The van der Waals surface area contributed by atoms with Crippen molar-refractivity contribution >= 4 is 11.1 Å². The van der Waals surface area contributed by atoms with Gasteiger partial charge in [-0.15, -0.1) is 46.5 Å². The average Bonchev–Trinajstić information content (AvgIpc) is 2.87. The van der Waals surface area contributed by atoms with Gasteiger partial charge in [-0.2, -0.15) is 49.6 Å². The van der Waals surface area contributed by atoms with Crippen LogP contribution in [-0.2, 0) is 38.6 Å². The molecule has 0 aliphatic carbocycles. The summed E-state index contributed by atoms with van der Waals surface area (Å²) in [5.74, 6) is 0. The van der Waals surface area contributed by atoms with E-state index >= 15 is 0 Å². The zero-order valence-corrected chi connectivity index (χ0v) is 23.5. The molecule has 0 amide bonds. The third-order valence-corrected chi connectivity index (χ3v) is 5.89. The molecule has 0 saturated heterocycles. The van der Waals surface area contributed by atoms with Gasteiger partial charge in [-0.05, 0) is 13.8 Å². The fourth-order valence-corrected chi connectivity index (χ4v) is 3.77. The van der Waals surface area contributed by atoms with Crippen molar-refractivity contribution in [3.63, 3.8) is 0 Å². The van der Waals surface area contributed by atoms with Crippen LogP contribution in [0.25, 0.3) is 11.1 Å². The quantitative estimate of drug-likeness (QED) is 0.0913. The third kappa shape index (κ3) is 7.92. The van der Waals surface area contributed by atoms with E-state index in [-0.39, 0.29) is 26.2 Å². The van der Waals surface area contributed by atoms with Crippen LogP contribution in [-0.4, -0.2) is 0 Å². The maximum absolute atomic E-state index is 13.3. The van der Waals surface area contributed by atoms with E-state index in [1.165, 1.54) is 24.3 Å². The van der Waals surface area contributed by atoms with Gasteiger partial charge in [0.25, 0.3) is 0 Å². The SMILES string of the molecule is Cc1ccc([C-]=C(C(=[C-]c2ccc(C)cc2)c2ccc(C(F)(F)F)cc2)c2ccc(C(F)(F)F)cc2)cc1.[Zr+4]. The molecule has 0 N–H and O–H groups in total. The molecule has 0 aromatic heterocycles. The second-order valence-corrected chi connectivity index (χ2v) is 8.88. The van der Waals surface area contributed by atoms with Crippen LogP contribution < -0.4 is 0 Å². The van der Waals surface area contributed by atoms with E-state index in [0.717, 1.165) is 35.4 Å². The summed E-state index contributed by atoms with van der Waals surface area (Å²) in [6.07, 6.45) is -2.48. The zero-order chi connectivity index (χ0) is 27.5. The van der Waals surface area contributed by atoms with Crippen LogP contribution >= 0.6 is 0 Å². The van der Waals surface area contributed by atoms with Crippen LogP contribution in [0, 0.1) is 26.0 Å². The van der Waals surface area contributed by atoms with Crippen LogP contribution in [0.5, 0.6) is 0 Å². The topological polar surface area (TPSA) is 0 Å². The number of alkyl halides is 6. The van der Waals surface area contributed by atoms with Crippen LogP contribution in [0.2, 0.25) is 0 Å². The summed E-state index contributed by atoms with van der Waals surface area (Å²) in [6.45, 7) is 3.84. The minimum absolute atomic E-state index is 0. The molecule has 4 rings (SSSR count). The summed E-state index contributed by atoms with van der Waals surface area (Å²) < 4.78 is 79.5. The van der Waals surface area contributed by atoms with E-state index in [2.05, 4.69) is 12.2 Å². The minimum atomic E-state index is -4.51. The largest absolute Gasteiger partial charge is 4.00 e. The molecule has 0 bridgehead atoms. The van der Waals surface area contributed by atoms with Crippen LogP contribution in [0.4, 0.5) is 26.3 Å². The fraction of sp³-hybridized carbons (Fsp3) is 0.125. The first-order valence-corrected chi connectivity index (χ1v) is 11.7. The standard InChI is InChI=1S/C32H22F6.Zr/c1-21-3-7-23(8-4-21)19-29(25-11-15-27(16-12-25)31(33,34)35)30(20-24-9-5-22(2)6-10-24)26-13-17-28(18-14-26)32(36,37)38;/h3-18H,1-2H3;/q-2;+4. The Bertz CT molecular complexity index is 1330. The molecular weight excluding hydrogens is 590 g/mol. The number of hydrogen-bond acceptors (Lipinski definition) is 0. The van der Waals surface area contributed by atoms with E-state index < -0.39 is 23.5 Å². The predicted octanol–water partition coefficient (Wildman–Crippen LogP) is 9.51. The smallest absolute Gasteiger partial charge is 0.174 e. The van der Waals surface area contributed by atoms with E-state index in [9.17, 15) is 26.3 Å². The van der Waals surface area contributed by atoms with E-state index in [1.54, 1.807) is 0 Å². The molecule has 0 saturated carbocycles. The van der Waals surface area contributed by atoms with Gasteiger partial charge in [0.15, 0.2) is 0 Å². The summed E-state index contributed by atoms with van der Waals surface area (Å²) >= 11 is 0. The van der Waals surface area contributed by atoms with Gasteiger partial charge < -0.3 is 0 Å². The van der Waals surface area contributed by atoms with Gasteiger partial charge in [-0.3, -0.25) is 0 Å². The summed E-state index contributed by atoms with van der Waals surface area (Å²) in [5.41, 5.74) is 3.32. The first-order chi connectivity index (χ1) is 17.9. The van der Waals surface area contributed by atoms with Crippen LogP contribution in [0.1, 0.15) is 44.5 Å². The average molecular weight is 612 g/mol. The Morgan fingerprint density at radius 3 is 1.00 bits per heavy atom. The zero-order valence-electron chi connectivity index (χ0n) is 21.0. The second kappa shape index (κ2) is 12.3. The molecule has 0 unspecified atom stereocenters. The predicted molar refractivity (Wildman–Crippen MR) is 137 cm³/mol. The number of rotatable bonds is 5. The molecule has 4 aromatic rings. The minimum Gasteiger partial charge on any atom is -0.174 e. The Hall–Kier alpha value is -3.18. The Labute approximate surface area is 242 Å². The third-order valence-electron chi connectivity index (χ3n) is 5.89. The van der Waals surface area contributed by atoms with Crippen molar-refractivity contribution in [2.75, 3.05) is 0 Å². The molecule has 0 atom stereocenters. The molecule has 0 nitrogen and oxygen atoms in total. The van der Waals surface area contributed by atoms with Crippen molar-refractivity contribution in [3.05, 3.63) is 154 Å². The maximum Gasteiger partial charge on any atom is 4.00 e. The Morgan fingerprint density at radius 1 is 0.462 bits per heavy atom. The molecule has 194 valence electrons. The maximum atomic E-state index is 13.3. The molecule has 0 fully saturated rings. The van der Waals surface area contributed by atoms with Gasteiger partial charge in [0.05, 0.1) is 11.1 Å². The van der Waals surface area contributed by atoms with Crippen molar-refractivity contribution in [1.29, 1.82) is 0 Å². The van der Waals surface area contributed by atoms with Gasteiger partial charge in [-0.25, -0.2) is 0 Å². The van der Waals surface area contributed by atoms with Crippen molar-refractivity contribution in [1.82, 2.24) is 0 Å². The van der Waals surface area contributed by atoms with Crippen LogP contribution in [0.3, 0.4) is 0 Å². The molecule has 4 aromatic carbocycles. The normalized spacial score (nSPS) is 12.7. The summed E-state index contributed by atoms with van der Waals surface area (Å²) in [7, 11) is 0. The molecule has 0 spiro atoms. The summed E-state index contributed by atoms with van der Waals surface area (Å²) in [6, 6.07) is 24.0. The summed E-state index contributed by atoms with van der Waals surface area (Å²) in [5, 5.41) is 0. The molecule has 7 heteroatoms. The first-order valence-electron chi connectivity index (χ1n) is 11.7. The number of aryl methyl sites for hydroxylation is 2. The molecule has 0 aliphatic rings. The Kier molecular flexibility index (Phi) is 9.61. The number of allylic oxidation sites excluding steroid dienone is 2.